The quantitative estimate of drug-likeness (QED) is 0.157. The molecule has 5 heterocycles. The van der Waals surface area contributed by atoms with E-state index in [0.717, 1.165) is 76.7 Å². The molecule has 6 nitrogen and oxygen atoms in total. The molecule has 0 atom stereocenters. The molecule has 40 heavy (non-hydrogen) atoms. The van der Waals surface area contributed by atoms with Gasteiger partial charge in [0.1, 0.15) is 26.4 Å². The Labute approximate surface area is 236 Å². The molecule has 2 aliphatic heterocycles. The zero-order chi connectivity index (χ0) is 26.2. The SMILES string of the molecule is c1ccc2c(c1)c1ccccc1c1nc3c(-c4scc5c4OCCO5)ccc(-c4scc5c4OCCO5)c3nc21. The van der Waals surface area contributed by atoms with Crippen LogP contribution in [0.2, 0.25) is 0 Å². The molecule has 0 unspecified atom stereocenters. The van der Waals surface area contributed by atoms with Gasteiger partial charge in [-0.15, -0.1) is 22.7 Å². The van der Waals surface area contributed by atoms with E-state index < -0.39 is 0 Å². The molecule has 0 amide bonds. The Kier molecular flexibility index (Phi) is 4.79. The van der Waals surface area contributed by atoms with Crippen LogP contribution in [-0.2, 0) is 0 Å². The Morgan fingerprint density at radius 3 is 1.38 bits per heavy atom. The summed E-state index contributed by atoms with van der Waals surface area (Å²) < 4.78 is 23.9. The van der Waals surface area contributed by atoms with Gasteiger partial charge in [0.15, 0.2) is 23.0 Å². The summed E-state index contributed by atoms with van der Waals surface area (Å²) in [6, 6.07) is 21.1. The van der Waals surface area contributed by atoms with E-state index in [1.54, 1.807) is 22.7 Å². The summed E-state index contributed by atoms with van der Waals surface area (Å²) in [5.74, 6) is 3.12. The fourth-order valence-electron chi connectivity index (χ4n) is 5.82. The maximum absolute atomic E-state index is 6.09. The van der Waals surface area contributed by atoms with Crippen molar-refractivity contribution in [3.05, 3.63) is 71.4 Å². The van der Waals surface area contributed by atoms with Crippen LogP contribution >= 0.6 is 22.7 Å². The Morgan fingerprint density at radius 2 is 0.900 bits per heavy atom. The fraction of sp³-hybridized carbons (Fsp3) is 0.125. The molecule has 8 heteroatoms. The first-order valence-electron chi connectivity index (χ1n) is 13.1. The topological polar surface area (TPSA) is 62.7 Å². The standard InChI is InChI=1S/C32H20N2O4S2/c1-3-7-19-17(5-1)18-6-2-4-8-20(18)26-25(19)33-27-21(31-29-23(15-39-31)35-11-13-37-29)9-10-22(28(27)34-26)32-30-24(16-40-32)36-12-14-38-30/h1-10,15-16H,11-14H2. The first kappa shape index (κ1) is 22.4. The van der Waals surface area contributed by atoms with Crippen LogP contribution in [0.15, 0.2) is 71.4 Å². The Morgan fingerprint density at radius 1 is 0.475 bits per heavy atom. The molecule has 0 radical (unpaired) electrons. The molecule has 4 aromatic carbocycles. The van der Waals surface area contributed by atoms with Crippen LogP contribution in [0.3, 0.4) is 0 Å². The summed E-state index contributed by atoms with van der Waals surface area (Å²) >= 11 is 3.22. The molecular weight excluding hydrogens is 540 g/mol. The third kappa shape index (κ3) is 3.14. The molecule has 0 bridgehead atoms. The number of thiophene rings is 2. The third-order valence-electron chi connectivity index (χ3n) is 7.57. The molecule has 0 spiro atoms. The Bertz CT molecular complexity index is 2000. The van der Waals surface area contributed by atoms with Crippen LogP contribution in [0.25, 0.3) is 64.5 Å². The fourth-order valence-corrected chi connectivity index (χ4v) is 7.74. The molecule has 0 fully saturated rings. The van der Waals surface area contributed by atoms with Gasteiger partial charge in [-0.2, -0.15) is 0 Å². The van der Waals surface area contributed by atoms with Crippen LogP contribution in [0.5, 0.6) is 23.0 Å². The molecule has 3 aromatic heterocycles. The van der Waals surface area contributed by atoms with Crippen molar-refractivity contribution in [1.29, 1.82) is 0 Å². The molecule has 0 aliphatic carbocycles. The van der Waals surface area contributed by atoms with Gasteiger partial charge >= 0.3 is 0 Å². The molecule has 2 aliphatic rings. The second-order valence-electron chi connectivity index (χ2n) is 9.78. The van der Waals surface area contributed by atoms with Gasteiger partial charge in [0.2, 0.25) is 0 Å². The Hall–Kier alpha value is -4.40. The monoisotopic (exact) mass is 560 g/mol. The van der Waals surface area contributed by atoms with Crippen molar-refractivity contribution in [1.82, 2.24) is 9.97 Å². The number of aromatic nitrogens is 2. The number of ether oxygens (including phenoxy) is 4. The van der Waals surface area contributed by atoms with Crippen molar-refractivity contribution in [2.75, 3.05) is 26.4 Å². The number of nitrogens with zero attached hydrogens (tertiary/aromatic N) is 2. The zero-order valence-electron chi connectivity index (χ0n) is 21.1. The number of hydrogen-bond acceptors (Lipinski definition) is 8. The van der Waals surface area contributed by atoms with Crippen LogP contribution in [0.1, 0.15) is 0 Å². The summed E-state index contributed by atoms with van der Waals surface area (Å²) in [5, 5.41) is 8.53. The molecule has 7 aromatic rings. The largest absolute Gasteiger partial charge is 0.485 e. The average Bonchev–Trinajstić information content (AvgIpc) is 3.65. The van der Waals surface area contributed by atoms with Gasteiger partial charge in [0, 0.05) is 32.7 Å². The van der Waals surface area contributed by atoms with E-state index in [0.29, 0.717) is 26.4 Å². The van der Waals surface area contributed by atoms with Crippen molar-refractivity contribution in [3.63, 3.8) is 0 Å². The van der Waals surface area contributed by atoms with E-state index in [1.165, 1.54) is 10.8 Å². The highest BCUT2D eigenvalue weighted by Crippen LogP contribution is 2.51. The van der Waals surface area contributed by atoms with Crippen LogP contribution in [0.4, 0.5) is 0 Å². The summed E-state index contributed by atoms with van der Waals surface area (Å²) in [6.45, 7) is 2.16. The molecule has 0 N–H and O–H groups in total. The first-order valence-corrected chi connectivity index (χ1v) is 14.9. The van der Waals surface area contributed by atoms with Gasteiger partial charge in [-0.1, -0.05) is 60.7 Å². The summed E-state index contributed by atoms with van der Waals surface area (Å²) in [4.78, 5) is 12.8. The van der Waals surface area contributed by atoms with E-state index in [-0.39, 0.29) is 0 Å². The lowest BCUT2D eigenvalue weighted by Crippen LogP contribution is -2.14. The molecule has 0 saturated heterocycles. The second kappa shape index (κ2) is 8.55. The minimum absolute atomic E-state index is 0.524. The average molecular weight is 561 g/mol. The summed E-state index contributed by atoms with van der Waals surface area (Å²) in [5.41, 5.74) is 5.37. The normalized spacial score (nSPS) is 14.4. The van der Waals surface area contributed by atoms with Gasteiger partial charge in [0.05, 0.1) is 31.8 Å². The predicted octanol–water partition coefficient (Wildman–Crippen LogP) is 8.09. The minimum Gasteiger partial charge on any atom is -0.485 e. The van der Waals surface area contributed by atoms with E-state index in [9.17, 15) is 0 Å². The number of rotatable bonds is 2. The van der Waals surface area contributed by atoms with Crippen molar-refractivity contribution in [2.45, 2.75) is 0 Å². The smallest absolute Gasteiger partial charge is 0.180 e. The predicted molar refractivity (Wildman–Crippen MR) is 161 cm³/mol. The summed E-state index contributed by atoms with van der Waals surface area (Å²) in [7, 11) is 0. The number of fused-ring (bicyclic) bond motifs is 9. The number of benzene rings is 4. The highest BCUT2D eigenvalue weighted by Gasteiger charge is 2.27. The lowest BCUT2D eigenvalue weighted by atomic mass is 9.98. The van der Waals surface area contributed by atoms with E-state index in [2.05, 4.69) is 60.7 Å². The second-order valence-corrected chi connectivity index (χ2v) is 11.5. The van der Waals surface area contributed by atoms with Gasteiger partial charge in [-0.3, -0.25) is 0 Å². The zero-order valence-corrected chi connectivity index (χ0v) is 22.7. The van der Waals surface area contributed by atoms with E-state index in [4.69, 9.17) is 28.9 Å². The Balaban J connectivity index is 1.44. The molecule has 9 rings (SSSR count). The lowest BCUT2D eigenvalue weighted by molar-refractivity contribution is 0.174. The van der Waals surface area contributed by atoms with Crippen molar-refractivity contribution in [2.24, 2.45) is 0 Å². The van der Waals surface area contributed by atoms with E-state index in [1.807, 2.05) is 10.8 Å². The highest BCUT2D eigenvalue weighted by atomic mass is 32.1. The summed E-state index contributed by atoms with van der Waals surface area (Å²) in [6.07, 6.45) is 0. The first-order chi connectivity index (χ1) is 19.8. The van der Waals surface area contributed by atoms with Crippen LogP contribution in [-0.4, -0.2) is 36.4 Å². The van der Waals surface area contributed by atoms with Gasteiger partial charge < -0.3 is 18.9 Å². The maximum Gasteiger partial charge on any atom is 0.180 e. The lowest BCUT2D eigenvalue weighted by Gasteiger charge is -2.18. The maximum atomic E-state index is 6.09. The molecule has 0 saturated carbocycles. The van der Waals surface area contributed by atoms with Crippen molar-refractivity contribution in [3.8, 4) is 43.9 Å². The minimum atomic E-state index is 0.524. The third-order valence-corrected chi connectivity index (χ3v) is 9.51. The molecular formula is C32H20N2O4S2. The van der Waals surface area contributed by atoms with Gasteiger partial charge in [-0.05, 0) is 10.8 Å². The van der Waals surface area contributed by atoms with Crippen LogP contribution < -0.4 is 18.9 Å². The number of hydrogen-bond donors (Lipinski definition) is 0. The van der Waals surface area contributed by atoms with Crippen LogP contribution in [0, 0.1) is 0 Å². The van der Waals surface area contributed by atoms with Gasteiger partial charge in [-0.25, -0.2) is 9.97 Å². The van der Waals surface area contributed by atoms with E-state index >= 15 is 0 Å². The van der Waals surface area contributed by atoms with Crippen molar-refractivity contribution >= 4 is 66.3 Å². The molecule has 194 valence electrons. The van der Waals surface area contributed by atoms with Gasteiger partial charge in [0.25, 0.3) is 0 Å². The highest BCUT2D eigenvalue weighted by molar-refractivity contribution is 7.15. The van der Waals surface area contributed by atoms with Crippen molar-refractivity contribution < 1.29 is 18.9 Å².